The van der Waals surface area contributed by atoms with E-state index < -0.39 is 0 Å². The molecule has 0 spiro atoms. The summed E-state index contributed by atoms with van der Waals surface area (Å²) in [6.45, 7) is 5.46. The van der Waals surface area contributed by atoms with E-state index in [-0.39, 0.29) is 16.8 Å². The smallest absolute Gasteiger partial charge is 0.236 e. The van der Waals surface area contributed by atoms with Gasteiger partial charge in [-0.1, -0.05) is 15.9 Å². The molecule has 0 fully saturated rings. The first kappa shape index (κ1) is 14.9. The van der Waals surface area contributed by atoms with Crippen LogP contribution in [-0.4, -0.2) is 55.7 Å². The molecule has 1 amide bonds. The molecule has 0 aliphatic rings. The van der Waals surface area contributed by atoms with Crippen molar-refractivity contribution in [2.45, 2.75) is 24.7 Å². The number of carbonyl (C=O) groups excluding carboxylic acids is 1. The molecular formula is C10H20BrNO3. The van der Waals surface area contributed by atoms with Gasteiger partial charge in [0.15, 0.2) is 0 Å². The van der Waals surface area contributed by atoms with Crippen molar-refractivity contribution in [1.29, 1.82) is 0 Å². The summed E-state index contributed by atoms with van der Waals surface area (Å²) in [6, 6.07) is 0.0673. The van der Waals surface area contributed by atoms with Gasteiger partial charge >= 0.3 is 0 Å². The molecule has 0 saturated carbocycles. The van der Waals surface area contributed by atoms with Crippen LogP contribution in [-0.2, 0) is 14.3 Å². The molecule has 0 aliphatic heterocycles. The number of methoxy groups -OCH3 is 2. The topological polar surface area (TPSA) is 38.8 Å². The standard InChI is InChI=1S/C10H20BrNO3/c1-8(7-15-4)12(5-6-14-3)10(13)9(2)11/h8-9H,5-7H2,1-4H3. The van der Waals surface area contributed by atoms with Crippen molar-refractivity contribution in [2.24, 2.45) is 0 Å². The van der Waals surface area contributed by atoms with E-state index in [1.54, 1.807) is 19.1 Å². The van der Waals surface area contributed by atoms with E-state index in [0.717, 1.165) is 0 Å². The molecule has 5 heteroatoms. The number of nitrogens with zero attached hydrogens (tertiary/aromatic N) is 1. The molecule has 0 rings (SSSR count). The minimum atomic E-state index is -0.173. The van der Waals surface area contributed by atoms with Crippen LogP contribution in [0, 0.1) is 0 Å². The number of halogens is 1. The van der Waals surface area contributed by atoms with E-state index in [4.69, 9.17) is 9.47 Å². The largest absolute Gasteiger partial charge is 0.383 e. The molecule has 2 atom stereocenters. The van der Waals surface area contributed by atoms with Crippen molar-refractivity contribution >= 4 is 21.8 Å². The van der Waals surface area contributed by atoms with Gasteiger partial charge in [-0.15, -0.1) is 0 Å². The monoisotopic (exact) mass is 281 g/mol. The minimum absolute atomic E-state index is 0.0663. The molecule has 2 unspecified atom stereocenters. The molecule has 0 aromatic rings. The summed E-state index contributed by atoms with van der Waals surface area (Å²) in [4.78, 5) is 13.4. The number of alkyl halides is 1. The molecule has 0 aliphatic carbocycles. The summed E-state index contributed by atoms with van der Waals surface area (Å²) < 4.78 is 10.0. The van der Waals surface area contributed by atoms with Crippen molar-refractivity contribution in [2.75, 3.05) is 34.0 Å². The van der Waals surface area contributed by atoms with Crippen LogP contribution < -0.4 is 0 Å². The lowest BCUT2D eigenvalue weighted by atomic mass is 10.2. The van der Waals surface area contributed by atoms with Crippen molar-refractivity contribution in [1.82, 2.24) is 4.90 Å². The van der Waals surface area contributed by atoms with Gasteiger partial charge in [0.1, 0.15) is 0 Å². The molecule has 0 aromatic carbocycles. The van der Waals surface area contributed by atoms with Gasteiger partial charge in [0.25, 0.3) is 0 Å². The third-order valence-corrected chi connectivity index (χ3v) is 2.49. The van der Waals surface area contributed by atoms with Crippen LogP contribution in [0.4, 0.5) is 0 Å². The van der Waals surface area contributed by atoms with E-state index in [2.05, 4.69) is 15.9 Å². The average Bonchev–Trinajstić information content (AvgIpc) is 2.18. The van der Waals surface area contributed by atoms with E-state index >= 15 is 0 Å². The molecule has 0 aromatic heterocycles. The van der Waals surface area contributed by atoms with Crippen molar-refractivity contribution in [3.63, 3.8) is 0 Å². The Morgan fingerprint density at radius 3 is 2.33 bits per heavy atom. The molecule has 0 radical (unpaired) electrons. The average molecular weight is 282 g/mol. The summed E-state index contributed by atoms with van der Waals surface area (Å²) in [5.41, 5.74) is 0. The highest BCUT2D eigenvalue weighted by atomic mass is 79.9. The highest BCUT2D eigenvalue weighted by Gasteiger charge is 2.22. The van der Waals surface area contributed by atoms with Gasteiger partial charge in [0, 0.05) is 20.8 Å². The van der Waals surface area contributed by atoms with E-state index in [1.807, 2.05) is 13.8 Å². The Morgan fingerprint density at radius 1 is 1.33 bits per heavy atom. The molecule has 0 saturated heterocycles. The summed E-state index contributed by atoms with van der Waals surface area (Å²) in [7, 11) is 3.26. The van der Waals surface area contributed by atoms with Gasteiger partial charge in [-0.25, -0.2) is 0 Å². The zero-order chi connectivity index (χ0) is 11.8. The first-order valence-corrected chi connectivity index (χ1v) is 5.88. The number of rotatable bonds is 7. The van der Waals surface area contributed by atoms with Gasteiger partial charge in [-0.2, -0.15) is 0 Å². The highest BCUT2D eigenvalue weighted by molar-refractivity contribution is 9.10. The van der Waals surface area contributed by atoms with Crippen LogP contribution in [0.25, 0.3) is 0 Å². The van der Waals surface area contributed by atoms with Crippen LogP contribution >= 0.6 is 15.9 Å². The third kappa shape index (κ3) is 5.49. The van der Waals surface area contributed by atoms with Crippen LogP contribution in [0.2, 0.25) is 0 Å². The fourth-order valence-corrected chi connectivity index (χ4v) is 1.56. The Bertz CT molecular complexity index is 188. The van der Waals surface area contributed by atoms with Crippen molar-refractivity contribution < 1.29 is 14.3 Å². The third-order valence-electron chi connectivity index (χ3n) is 2.10. The summed E-state index contributed by atoms with van der Waals surface area (Å²) >= 11 is 3.28. The van der Waals surface area contributed by atoms with Gasteiger partial charge in [-0.05, 0) is 13.8 Å². The fourth-order valence-electron chi connectivity index (χ4n) is 1.30. The highest BCUT2D eigenvalue weighted by Crippen LogP contribution is 2.08. The van der Waals surface area contributed by atoms with Crippen molar-refractivity contribution in [3.05, 3.63) is 0 Å². The molecule has 0 heterocycles. The Morgan fingerprint density at radius 2 is 1.93 bits per heavy atom. The number of hydrogen-bond acceptors (Lipinski definition) is 3. The maximum atomic E-state index is 11.8. The normalized spacial score (nSPS) is 14.7. The maximum Gasteiger partial charge on any atom is 0.236 e. The maximum absolute atomic E-state index is 11.8. The second-order valence-electron chi connectivity index (χ2n) is 3.44. The quantitative estimate of drug-likeness (QED) is 0.660. The van der Waals surface area contributed by atoms with Gasteiger partial charge in [0.2, 0.25) is 5.91 Å². The molecule has 0 bridgehead atoms. The molecular weight excluding hydrogens is 262 g/mol. The predicted molar refractivity (Wildman–Crippen MR) is 63.3 cm³/mol. The number of ether oxygens (including phenoxy) is 2. The van der Waals surface area contributed by atoms with E-state index in [0.29, 0.717) is 19.8 Å². The summed E-state index contributed by atoms with van der Waals surface area (Å²) in [5.74, 6) is 0.0663. The van der Waals surface area contributed by atoms with Crippen LogP contribution in [0.1, 0.15) is 13.8 Å². The lowest BCUT2D eigenvalue weighted by molar-refractivity contribution is -0.134. The molecule has 4 nitrogen and oxygen atoms in total. The lowest BCUT2D eigenvalue weighted by Crippen LogP contribution is -2.45. The fraction of sp³-hybridized carbons (Fsp3) is 0.900. The first-order valence-electron chi connectivity index (χ1n) is 4.97. The summed E-state index contributed by atoms with van der Waals surface area (Å²) in [5, 5.41) is 0. The predicted octanol–water partition coefficient (Wildman–Crippen LogP) is 1.28. The molecule has 0 N–H and O–H groups in total. The Kier molecular flexibility index (Phi) is 8.00. The first-order chi connectivity index (χ1) is 7.04. The van der Waals surface area contributed by atoms with Crippen LogP contribution in [0.5, 0.6) is 0 Å². The summed E-state index contributed by atoms with van der Waals surface area (Å²) in [6.07, 6.45) is 0. The Labute approximate surface area is 100 Å². The lowest BCUT2D eigenvalue weighted by Gasteiger charge is -2.29. The van der Waals surface area contributed by atoms with Gasteiger partial charge in [-0.3, -0.25) is 4.79 Å². The van der Waals surface area contributed by atoms with Crippen molar-refractivity contribution in [3.8, 4) is 0 Å². The Balaban J connectivity index is 4.35. The van der Waals surface area contributed by atoms with Gasteiger partial charge in [0.05, 0.1) is 24.1 Å². The minimum Gasteiger partial charge on any atom is -0.383 e. The molecule has 90 valence electrons. The molecule has 15 heavy (non-hydrogen) atoms. The van der Waals surface area contributed by atoms with Crippen LogP contribution in [0.3, 0.4) is 0 Å². The zero-order valence-electron chi connectivity index (χ0n) is 9.83. The number of carbonyl (C=O) groups is 1. The second kappa shape index (κ2) is 8.07. The van der Waals surface area contributed by atoms with E-state index in [1.165, 1.54) is 0 Å². The number of hydrogen-bond donors (Lipinski definition) is 0. The van der Waals surface area contributed by atoms with Crippen LogP contribution in [0.15, 0.2) is 0 Å². The van der Waals surface area contributed by atoms with Gasteiger partial charge < -0.3 is 14.4 Å². The zero-order valence-corrected chi connectivity index (χ0v) is 11.4. The Hall–Kier alpha value is -0.130. The second-order valence-corrected chi connectivity index (χ2v) is 4.82. The van der Waals surface area contributed by atoms with E-state index in [9.17, 15) is 4.79 Å². The SMILES string of the molecule is COCCN(C(=O)C(C)Br)C(C)COC. The number of amides is 1.